The zero-order valence-corrected chi connectivity index (χ0v) is 12.7. The molecule has 0 aliphatic heterocycles. The van der Waals surface area contributed by atoms with Crippen LogP contribution in [-0.4, -0.2) is 36.0 Å². The number of carbonyl (C=O) groups is 2. The van der Waals surface area contributed by atoms with Crippen LogP contribution in [0.5, 0.6) is 0 Å². The van der Waals surface area contributed by atoms with E-state index in [0.717, 1.165) is 18.4 Å². The molecule has 5 heteroatoms. The fourth-order valence-corrected chi connectivity index (χ4v) is 2.14. The van der Waals surface area contributed by atoms with Crippen LogP contribution in [0.15, 0.2) is 30.3 Å². The summed E-state index contributed by atoms with van der Waals surface area (Å²) >= 11 is 0. The van der Waals surface area contributed by atoms with E-state index in [4.69, 9.17) is 0 Å². The van der Waals surface area contributed by atoms with Crippen molar-refractivity contribution in [1.29, 1.82) is 0 Å². The van der Waals surface area contributed by atoms with Gasteiger partial charge in [0.1, 0.15) is 0 Å². The number of rotatable bonds is 8. The minimum absolute atomic E-state index is 0.223. The van der Waals surface area contributed by atoms with Crippen LogP contribution in [0.1, 0.15) is 32.3 Å². The van der Waals surface area contributed by atoms with Crippen molar-refractivity contribution >= 4 is 12.0 Å². The molecule has 0 aromatic heterocycles. The van der Waals surface area contributed by atoms with E-state index in [-0.39, 0.29) is 12.5 Å². The molecule has 0 fully saturated rings. The summed E-state index contributed by atoms with van der Waals surface area (Å²) in [6.45, 7) is 5.20. The maximum Gasteiger partial charge on any atom is 0.317 e. The molecule has 1 aromatic rings. The van der Waals surface area contributed by atoms with E-state index in [2.05, 4.69) is 5.32 Å². The first kappa shape index (κ1) is 17.0. The average Bonchev–Trinajstić information content (AvgIpc) is 2.47. The second kappa shape index (κ2) is 9.00. The van der Waals surface area contributed by atoms with Crippen LogP contribution in [0.4, 0.5) is 4.79 Å². The molecule has 0 saturated carbocycles. The van der Waals surface area contributed by atoms with E-state index in [0.29, 0.717) is 13.1 Å². The van der Waals surface area contributed by atoms with E-state index in [1.165, 1.54) is 0 Å². The van der Waals surface area contributed by atoms with Gasteiger partial charge in [0.25, 0.3) is 0 Å². The summed E-state index contributed by atoms with van der Waals surface area (Å²) < 4.78 is 0. The number of urea groups is 1. The minimum atomic E-state index is -1.26. The molecule has 0 aliphatic rings. The quantitative estimate of drug-likeness (QED) is 0.781. The van der Waals surface area contributed by atoms with Crippen molar-refractivity contribution in [1.82, 2.24) is 10.2 Å². The topological polar surface area (TPSA) is 72.5 Å². The third-order valence-electron chi connectivity index (χ3n) is 3.14. The van der Waals surface area contributed by atoms with Crippen LogP contribution in [0, 0.1) is 0 Å². The van der Waals surface area contributed by atoms with Crippen molar-refractivity contribution in [3.63, 3.8) is 0 Å². The van der Waals surface area contributed by atoms with Crippen molar-refractivity contribution in [3.8, 4) is 0 Å². The third-order valence-corrected chi connectivity index (χ3v) is 3.14. The Hall–Kier alpha value is -2.04. The van der Waals surface area contributed by atoms with E-state index >= 15 is 0 Å². The normalized spacial score (nSPS) is 11.7. The molecular formula is C16H23N2O3-. The largest absolute Gasteiger partial charge is 0.548 e. The molecule has 0 heterocycles. The highest BCUT2D eigenvalue weighted by atomic mass is 16.4. The number of hydrogen-bond acceptors (Lipinski definition) is 3. The first-order valence-corrected chi connectivity index (χ1v) is 7.38. The summed E-state index contributed by atoms with van der Waals surface area (Å²) in [4.78, 5) is 25.0. The number of amides is 2. The van der Waals surface area contributed by atoms with Gasteiger partial charge in [-0.15, -0.1) is 0 Å². The van der Waals surface area contributed by atoms with E-state index < -0.39 is 12.0 Å². The van der Waals surface area contributed by atoms with Gasteiger partial charge < -0.3 is 20.1 Å². The second-order valence-corrected chi connectivity index (χ2v) is 5.00. The molecule has 0 saturated heterocycles. The number of nitrogens with one attached hydrogen (secondary N) is 1. The van der Waals surface area contributed by atoms with Crippen molar-refractivity contribution in [2.45, 2.75) is 39.2 Å². The van der Waals surface area contributed by atoms with Crippen molar-refractivity contribution in [2.75, 3.05) is 13.1 Å². The maximum atomic E-state index is 12.2. The van der Waals surface area contributed by atoms with Crippen LogP contribution >= 0.6 is 0 Å². The van der Waals surface area contributed by atoms with Gasteiger partial charge in [0, 0.05) is 13.1 Å². The number of hydrogen-bond donors (Lipinski definition) is 1. The Labute approximate surface area is 126 Å². The summed E-state index contributed by atoms with van der Waals surface area (Å²) in [6.07, 6.45) is 1.89. The lowest BCUT2D eigenvalue weighted by atomic mass is 10.1. The van der Waals surface area contributed by atoms with Crippen molar-refractivity contribution in [3.05, 3.63) is 35.9 Å². The summed E-state index contributed by atoms with van der Waals surface area (Å²) in [5.74, 6) is -1.26. The molecule has 0 aliphatic carbocycles. The zero-order valence-electron chi connectivity index (χ0n) is 12.7. The summed E-state index contributed by atoms with van der Waals surface area (Å²) in [5, 5.41) is 13.8. The average molecular weight is 291 g/mol. The van der Waals surface area contributed by atoms with Crippen LogP contribution in [0.25, 0.3) is 0 Å². The number of carboxylic acid groups (broad SMARTS) is 1. The molecular weight excluding hydrogens is 268 g/mol. The van der Waals surface area contributed by atoms with Gasteiger partial charge in [-0.05, 0) is 24.8 Å². The standard InChI is InChI=1S/C16H24N2O3/c1-3-10-18(11-4-2)16(21)17-14(15(19)20)12-13-8-6-5-7-9-13/h5-9,14H,3-4,10-12H2,1-2H3,(H,17,21)(H,19,20)/p-1/t14-/m0/s1. The van der Waals surface area contributed by atoms with E-state index in [9.17, 15) is 14.7 Å². The number of carboxylic acids is 1. The molecule has 0 bridgehead atoms. The number of aliphatic carboxylic acids is 1. The highest BCUT2D eigenvalue weighted by molar-refractivity contribution is 5.81. The molecule has 1 aromatic carbocycles. The van der Waals surface area contributed by atoms with Crippen molar-refractivity contribution < 1.29 is 14.7 Å². The summed E-state index contributed by atoms with van der Waals surface area (Å²) in [5.41, 5.74) is 0.851. The molecule has 1 atom stereocenters. The number of benzene rings is 1. The zero-order chi connectivity index (χ0) is 15.7. The van der Waals surface area contributed by atoms with Gasteiger partial charge in [-0.1, -0.05) is 44.2 Å². The van der Waals surface area contributed by atoms with Crippen LogP contribution in [-0.2, 0) is 11.2 Å². The molecule has 21 heavy (non-hydrogen) atoms. The molecule has 1 N–H and O–H groups in total. The highest BCUT2D eigenvalue weighted by Gasteiger charge is 2.18. The van der Waals surface area contributed by atoms with Gasteiger partial charge in [-0.2, -0.15) is 0 Å². The van der Waals surface area contributed by atoms with Gasteiger partial charge in [-0.25, -0.2) is 4.79 Å². The minimum Gasteiger partial charge on any atom is -0.548 e. The number of carbonyl (C=O) groups excluding carboxylic acids is 2. The first-order valence-electron chi connectivity index (χ1n) is 7.38. The molecule has 0 unspecified atom stereocenters. The molecule has 0 radical (unpaired) electrons. The Morgan fingerprint density at radius 2 is 1.71 bits per heavy atom. The second-order valence-electron chi connectivity index (χ2n) is 5.00. The fourth-order valence-electron chi connectivity index (χ4n) is 2.14. The monoisotopic (exact) mass is 291 g/mol. The smallest absolute Gasteiger partial charge is 0.317 e. The molecule has 0 spiro atoms. The Bertz CT molecular complexity index is 442. The molecule has 1 rings (SSSR count). The van der Waals surface area contributed by atoms with Gasteiger partial charge in [0.2, 0.25) is 0 Å². The lowest BCUT2D eigenvalue weighted by molar-refractivity contribution is -0.308. The SMILES string of the molecule is CCCN(CCC)C(=O)N[C@@H](Cc1ccccc1)C(=O)[O-]. The Morgan fingerprint density at radius 3 is 2.19 bits per heavy atom. The molecule has 2 amide bonds. The summed E-state index contributed by atoms with van der Waals surface area (Å²) in [6, 6.07) is 7.84. The van der Waals surface area contributed by atoms with Gasteiger partial charge in [0.15, 0.2) is 0 Å². The molecule has 5 nitrogen and oxygen atoms in total. The lowest BCUT2D eigenvalue weighted by Gasteiger charge is -2.26. The molecule has 116 valence electrons. The van der Waals surface area contributed by atoms with E-state index in [1.807, 2.05) is 44.2 Å². The predicted octanol–water partition coefficient (Wildman–Crippen LogP) is 1.18. The van der Waals surface area contributed by atoms with E-state index in [1.54, 1.807) is 4.90 Å². The van der Waals surface area contributed by atoms with Crippen LogP contribution in [0.2, 0.25) is 0 Å². The highest BCUT2D eigenvalue weighted by Crippen LogP contribution is 2.04. The van der Waals surface area contributed by atoms with Crippen LogP contribution in [0.3, 0.4) is 0 Å². The Balaban J connectivity index is 2.69. The first-order chi connectivity index (χ1) is 10.1. The van der Waals surface area contributed by atoms with Crippen LogP contribution < -0.4 is 10.4 Å². The number of nitrogens with zero attached hydrogens (tertiary/aromatic N) is 1. The Kier molecular flexibility index (Phi) is 7.29. The van der Waals surface area contributed by atoms with Gasteiger partial charge in [-0.3, -0.25) is 0 Å². The summed E-state index contributed by atoms with van der Waals surface area (Å²) in [7, 11) is 0. The lowest BCUT2D eigenvalue weighted by Crippen LogP contribution is -2.53. The predicted molar refractivity (Wildman–Crippen MR) is 79.6 cm³/mol. The maximum absolute atomic E-state index is 12.2. The van der Waals surface area contributed by atoms with Gasteiger partial charge >= 0.3 is 6.03 Å². The van der Waals surface area contributed by atoms with Crippen molar-refractivity contribution in [2.24, 2.45) is 0 Å². The van der Waals surface area contributed by atoms with Gasteiger partial charge in [0.05, 0.1) is 12.0 Å². The fraction of sp³-hybridized carbons (Fsp3) is 0.500. The third kappa shape index (κ3) is 5.85. The Morgan fingerprint density at radius 1 is 1.14 bits per heavy atom.